The number of halogens is 2. The predicted molar refractivity (Wildman–Crippen MR) is 99.3 cm³/mol. The molecule has 2 heterocycles. The van der Waals surface area contributed by atoms with Crippen LogP contribution >= 0.6 is 0 Å². The molecule has 0 saturated heterocycles. The maximum Gasteiger partial charge on any atom is 0.252 e. The summed E-state index contributed by atoms with van der Waals surface area (Å²) < 4.78 is 32.7. The number of hydrogen-bond donors (Lipinski definition) is 2. The predicted octanol–water partition coefficient (Wildman–Crippen LogP) is 2.75. The molecule has 0 bridgehead atoms. The van der Waals surface area contributed by atoms with Crippen molar-refractivity contribution in [3.8, 4) is 17.1 Å². The highest BCUT2D eigenvalue weighted by molar-refractivity contribution is 6.01. The number of nitrogens with zero attached hydrogens (tertiary/aromatic N) is 3. The summed E-state index contributed by atoms with van der Waals surface area (Å²) >= 11 is 0. The van der Waals surface area contributed by atoms with Crippen molar-refractivity contribution >= 4 is 23.5 Å². The standard InChI is InChI=1S/C19H15F2N5O3/c1-29-12-5-2-10(3-6-12)17-23-19-24-18(28)15(26(19)25-17)9-16(27)22-11-4-7-13(20)14(21)8-11/h2-8,15H,9H2,1H3,(H,22,27)(H,23,24,25,28). The molecule has 1 aromatic heterocycles. The van der Waals surface area contributed by atoms with Crippen LogP contribution in [0.25, 0.3) is 11.4 Å². The number of carbonyl (C=O) groups excluding carboxylic acids is 2. The SMILES string of the molecule is COc1ccc(-c2nc3n(n2)C(CC(=O)Nc2ccc(F)c(F)c2)C(=O)N3)cc1. The second-order valence-corrected chi connectivity index (χ2v) is 6.32. The molecule has 0 aliphatic carbocycles. The number of methoxy groups -OCH3 is 1. The fraction of sp³-hybridized carbons (Fsp3) is 0.158. The number of nitrogens with one attached hydrogen (secondary N) is 2. The Labute approximate surface area is 163 Å². The fourth-order valence-corrected chi connectivity index (χ4v) is 2.93. The van der Waals surface area contributed by atoms with Crippen molar-refractivity contribution < 1.29 is 23.1 Å². The van der Waals surface area contributed by atoms with Crippen molar-refractivity contribution in [1.82, 2.24) is 14.8 Å². The Morgan fingerprint density at radius 3 is 2.66 bits per heavy atom. The van der Waals surface area contributed by atoms with Crippen LogP contribution in [0.4, 0.5) is 20.4 Å². The second-order valence-electron chi connectivity index (χ2n) is 6.32. The van der Waals surface area contributed by atoms with Crippen LogP contribution in [0.1, 0.15) is 12.5 Å². The van der Waals surface area contributed by atoms with E-state index in [1.54, 1.807) is 31.4 Å². The molecule has 10 heteroatoms. The van der Waals surface area contributed by atoms with E-state index in [2.05, 4.69) is 20.7 Å². The Bertz CT molecular complexity index is 1100. The van der Waals surface area contributed by atoms with Crippen LogP contribution in [0.5, 0.6) is 5.75 Å². The van der Waals surface area contributed by atoms with Gasteiger partial charge in [-0.15, -0.1) is 5.10 Å². The summed E-state index contributed by atoms with van der Waals surface area (Å²) in [5.41, 5.74) is 0.803. The average molecular weight is 399 g/mol. The molecule has 8 nitrogen and oxygen atoms in total. The lowest BCUT2D eigenvalue weighted by Gasteiger charge is -2.10. The van der Waals surface area contributed by atoms with Crippen molar-refractivity contribution in [1.29, 1.82) is 0 Å². The van der Waals surface area contributed by atoms with Gasteiger partial charge in [0.1, 0.15) is 11.8 Å². The number of aromatic nitrogens is 3. The largest absolute Gasteiger partial charge is 0.497 e. The number of benzene rings is 2. The van der Waals surface area contributed by atoms with Gasteiger partial charge in [0, 0.05) is 17.3 Å². The number of hydrogen-bond acceptors (Lipinski definition) is 5. The highest BCUT2D eigenvalue weighted by Crippen LogP contribution is 2.29. The zero-order chi connectivity index (χ0) is 20.5. The molecule has 2 aromatic carbocycles. The number of ether oxygens (including phenoxy) is 1. The first-order valence-electron chi connectivity index (χ1n) is 8.61. The second kappa shape index (κ2) is 7.30. The average Bonchev–Trinajstić information content (AvgIpc) is 3.23. The van der Waals surface area contributed by atoms with Gasteiger partial charge in [-0.1, -0.05) is 0 Å². The third kappa shape index (κ3) is 3.64. The van der Waals surface area contributed by atoms with Crippen molar-refractivity contribution in [3.05, 3.63) is 54.1 Å². The highest BCUT2D eigenvalue weighted by Gasteiger charge is 2.35. The quantitative estimate of drug-likeness (QED) is 0.688. The van der Waals surface area contributed by atoms with Crippen molar-refractivity contribution in [2.24, 2.45) is 0 Å². The van der Waals surface area contributed by atoms with Gasteiger partial charge in [0.15, 0.2) is 17.5 Å². The van der Waals surface area contributed by atoms with E-state index in [1.165, 1.54) is 10.7 Å². The third-order valence-corrected chi connectivity index (χ3v) is 4.39. The minimum Gasteiger partial charge on any atom is -0.497 e. The van der Waals surface area contributed by atoms with Gasteiger partial charge in [0.2, 0.25) is 11.9 Å². The van der Waals surface area contributed by atoms with Crippen molar-refractivity contribution in [2.75, 3.05) is 17.7 Å². The Morgan fingerprint density at radius 1 is 1.21 bits per heavy atom. The maximum absolute atomic E-state index is 13.3. The molecule has 148 valence electrons. The highest BCUT2D eigenvalue weighted by atomic mass is 19.2. The Balaban J connectivity index is 1.50. The van der Waals surface area contributed by atoms with Gasteiger partial charge < -0.3 is 10.1 Å². The molecule has 1 aliphatic heterocycles. The molecule has 1 unspecified atom stereocenters. The number of carbonyl (C=O) groups is 2. The van der Waals surface area contributed by atoms with E-state index in [9.17, 15) is 18.4 Å². The van der Waals surface area contributed by atoms with E-state index < -0.39 is 29.5 Å². The smallest absolute Gasteiger partial charge is 0.252 e. The molecule has 0 saturated carbocycles. The van der Waals surface area contributed by atoms with Crippen LogP contribution < -0.4 is 15.4 Å². The molecule has 2 N–H and O–H groups in total. The van der Waals surface area contributed by atoms with E-state index in [1.807, 2.05) is 0 Å². The molecule has 1 aliphatic rings. The Hall–Kier alpha value is -3.82. The lowest BCUT2D eigenvalue weighted by molar-refractivity contribution is -0.123. The fourth-order valence-electron chi connectivity index (χ4n) is 2.93. The maximum atomic E-state index is 13.3. The first-order valence-corrected chi connectivity index (χ1v) is 8.61. The van der Waals surface area contributed by atoms with Crippen molar-refractivity contribution in [2.45, 2.75) is 12.5 Å². The Kier molecular flexibility index (Phi) is 4.67. The van der Waals surface area contributed by atoms with Crippen LogP contribution in [0.3, 0.4) is 0 Å². The molecule has 0 radical (unpaired) electrons. The van der Waals surface area contributed by atoms with E-state index in [-0.39, 0.29) is 18.1 Å². The van der Waals surface area contributed by atoms with Gasteiger partial charge in [0.25, 0.3) is 5.91 Å². The van der Waals surface area contributed by atoms with E-state index >= 15 is 0 Å². The lowest BCUT2D eigenvalue weighted by atomic mass is 10.2. The summed E-state index contributed by atoms with van der Waals surface area (Å²) in [7, 11) is 1.56. The van der Waals surface area contributed by atoms with Gasteiger partial charge in [-0.2, -0.15) is 4.98 Å². The van der Waals surface area contributed by atoms with Crippen LogP contribution in [-0.4, -0.2) is 33.7 Å². The summed E-state index contributed by atoms with van der Waals surface area (Å²) in [5.74, 6) is -1.78. The third-order valence-electron chi connectivity index (χ3n) is 4.39. The monoisotopic (exact) mass is 399 g/mol. The van der Waals surface area contributed by atoms with E-state index in [0.717, 1.165) is 12.1 Å². The molecule has 0 spiro atoms. The molecule has 2 amide bonds. The molecular formula is C19H15F2N5O3. The minimum absolute atomic E-state index is 0.0880. The summed E-state index contributed by atoms with van der Waals surface area (Å²) in [5, 5.41) is 9.35. The summed E-state index contributed by atoms with van der Waals surface area (Å²) in [4.78, 5) is 28.8. The van der Waals surface area contributed by atoms with Gasteiger partial charge >= 0.3 is 0 Å². The number of fused-ring (bicyclic) bond motifs is 1. The summed E-state index contributed by atoms with van der Waals surface area (Å²) in [6.07, 6.45) is -0.247. The van der Waals surface area contributed by atoms with Gasteiger partial charge in [-0.25, -0.2) is 13.5 Å². The molecule has 29 heavy (non-hydrogen) atoms. The first kappa shape index (κ1) is 18.5. The van der Waals surface area contributed by atoms with Crippen molar-refractivity contribution in [3.63, 3.8) is 0 Å². The number of amides is 2. The zero-order valence-electron chi connectivity index (χ0n) is 15.1. The van der Waals surface area contributed by atoms with Crippen LogP contribution in [0.2, 0.25) is 0 Å². The number of rotatable bonds is 5. The molecular weight excluding hydrogens is 384 g/mol. The number of anilines is 2. The topological polar surface area (TPSA) is 98.1 Å². The molecule has 1 atom stereocenters. The molecule has 4 rings (SSSR count). The summed E-state index contributed by atoms with van der Waals surface area (Å²) in [6.45, 7) is 0. The van der Waals surface area contributed by atoms with Gasteiger partial charge in [-0.05, 0) is 36.4 Å². The summed E-state index contributed by atoms with van der Waals surface area (Å²) in [6, 6.07) is 9.16. The van der Waals surface area contributed by atoms with E-state index in [4.69, 9.17) is 4.74 Å². The molecule has 3 aromatic rings. The van der Waals surface area contributed by atoms with Crippen LogP contribution in [0, 0.1) is 11.6 Å². The normalized spacial score (nSPS) is 15.0. The molecule has 0 fully saturated rings. The zero-order valence-corrected chi connectivity index (χ0v) is 15.1. The van der Waals surface area contributed by atoms with E-state index in [0.29, 0.717) is 17.1 Å². The minimum atomic E-state index is -1.08. The van der Waals surface area contributed by atoms with Crippen LogP contribution in [0.15, 0.2) is 42.5 Å². The first-order chi connectivity index (χ1) is 13.9. The lowest BCUT2D eigenvalue weighted by Crippen LogP contribution is -2.23. The van der Waals surface area contributed by atoms with Crippen LogP contribution in [-0.2, 0) is 9.59 Å². The Morgan fingerprint density at radius 2 is 1.97 bits per heavy atom. The van der Waals surface area contributed by atoms with Gasteiger partial charge in [-0.3, -0.25) is 14.9 Å². The van der Waals surface area contributed by atoms with Gasteiger partial charge in [0.05, 0.1) is 13.5 Å².